The quantitative estimate of drug-likeness (QED) is 0.700. The van der Waals surface area contributed by atoms with Crippen molar-refractivity contribution in [3.05, 3.63) is 0 Å². The molecule has 0 saturated carbocycles. The lowest BCUT2D eigenvalue weighted by Crippen LogP contribution is -2.28. The molecule has 0 heterocycles. The van der Waals surface area contributed by atoms with Crippen LogP contribution in [0.15, 0.2) is 0 Å². The lowest BCUT2D eigenvalue weighted by Gasteiger charge is -2.08. The summed E-state index contributed by atoms with van der Waals surface area (Å²) in [4.78, 5) is 0. The summed E-state index contributed by atoms with van der Waals surface area (Å²) >= 11 is 0. The normalized spacial score (nSPS) is 14.9. The number of hydrogen-bond donors (Lipinski definition) is 0. The van der Waals surface area contributed by atoms with Crippen molar-refractivity contribution in [2.24, 2.45) is 0 Å². The van der Waals surface area contributed by atoms with E-state index in [2.05, 4.69) is 12.0 Å². The van der Waals surface area contributed by atoms with Gasteiger partial charge in [0.25, 0.3) is 0 Å². The molecule has 0 aromatic rings. The summed E-state index contributed by atoms with van der Waals surface area (Å²) in [7, 11) is -12.6. The van der Waals surface area contributed by atoms with Gasteiger partial charge in [0.15, 0.2) is 0 Å². The highest BCUT2D eigenvalue weighted by Gasteiger charge is 2.44. The molecule has 0 aromatic heterocycles. The summed E-state index contributed by atoms with van der Waals surface area (Å²) in [5, 5.41) is 0. The molecule has 0 aliphatic heterocycles. The Balaban J connectivity index is 4.86. The Hall–Kier alpha value is -0.640. The Morgan fingerprint density at radius 2 is 0.882 bits per heavy atom. The van der Waals surface area contributed by atoms with Gasteiger partial charge in [-0.3, -0.25) is 0 Å². The molecule has 0 saturated heterocycles. The van der Waals surface area contributed by atoms with Gasteiger partial charge in [0.2, 0.25) is 0 Å². The second kappa shape index (κ2) is 4.56. The van der Waals surface area contributed by atoms with Crippen molar-refractivity contribution < 1.29 is 55.2 Å². The van der Waals surface area contributed by atoms with Crippen molar-refractivity contribution in [1.29, 1.82) is 0 Å². The summed E-state index contributed by atoms with van der Waals surface area (Å²) < 4.78 is 115. The van der Waals surface area contributed by atoms with E-state index in [9.17, 15) is 43.2 Å². The van der Waals surface area contributed by atoms with E-state index in [4.69, 9.17) is 0 Å². The highest BCUT2D eigenvalue weighted by atomic mass is 32.3. The molecular weight excluding hydrogens is 314 g/mol. The minimum atomic E-state index is -6.31. The smallest absolute Gasteiger partial charge is 0.168 e. The summed E-state index contributed by atoms with van der Waals surface area (Å²) in [5.74, 6) is 0. The molecule has 0 aromatic carbocycles. The van der Waals surface area contributed by atoms with Gasteiger partial charge >= 0.3 is 33.5 Å². The van der Waals surface area contributed by atoms with E-state index in [1.807, 2.05) is 0 Å². The first-order chi connectivity index (χ1) is 7.12. The zero-order valence-electron chi connectivity index (χ0n) is 6.94. The van der Waals surface area contributed by atoms with Crippen molar-refractivity contribution in [1.82, 2.24) is 0 Å². The van der Waals surface area contributed by atoms with Gasteiger partial charge in [0, 0.05) is 0 Å². The molecule has 15 heteroatoms. The first-order valence-corrected chi connectivity index (χ1v) is 5.54. The van der Waals surface area contributed by atoms with Crippen LogP contribution in [0.25, 0.3) is 0 Å². The van der Waals surface area contributed by atoms with Crippen LogP contribution in [0.4, 0.5) is 26.3 Å². The van der Waals surface area contributed by atoms with Gasteiger partial charge in [0.05, 0.1) is 0 Å². The van der Waals surface area contributed by atoms with Crippen molar-refractivity contribution in [2.45, 2.75) is 12.7 Å². The SMILES string of the molecule is O=S(=O)(OC(F)(F)F)OS(=O)(=O)OC(F)(F)F. The van der Waals surface area contributed by atoms with E-state index in [0.717, 1.165) is 0 Å². The third kappa shape index (κ3) is 9.10. The lowest BCUT2D eigenvalue weighted by molar-refractivity contribution is -0.277. The molecule has 0 rings (SSSR count). The van der Waals surface area contributed by atoms with Gasteiger partial charge in [-0.05, 0) is 0 Å². The summed E-state index contributed by atoms with van der Waals surface area (Å²) in [5.41, 5.74) is 0. The third-order valence-electron chi connectivity index (χ3n) is 0.560. The van der Waals surface area contributed by atoms with Crippen LogP contribution in [0, 0.1) is 0 Å². The fraction of sp³-hybridized carbons (Fsp3) is 1.00. The fourth-order valence-corrected chi connectivity index (χ4v) is 1.86. The Kier molecular flexibility index (Phi) is 4.39. The fourth-order valence-electron chi connectivity index (χ4n) is 0.361. The maximum absolute atomic E-state index is 11.3. The molecule has 0 bridgehead atoms. The molecule has 0 N–H and O–H groups in total. The van der Waals surface area contributed by atoms with E-state index < -0.39 is 33.5 Å². The van der Waals surface area contributed by atoms with Gasteiger partial charge in [0.1, 0.15) is 0 Å². The van der Waals surface area contributed by atoms with E-state index in [-0.39, 0.29) is 0 Å². The molecule has 0 amide bonds. The van der Waals surface area contributed by atoms with Crippen LogP contribution in [0.3, 0.4) is 0 Å². The maximum atomic E-state index is 11.3. The predicted octanol–water partition coefficient (Wildman–Crippen LogP) is 0.565. The topological polar surface area (TPSA) is 96.0 Å². The lowest BCUT2D eigenvalue weighted by atomic mass is 11.4. The maximum Gasteiger partial charge on any atom is 0.538 e. The number of hydrogen-bond acceptors (Lipinski definition) is 7. The molecule has 0 radical (unpaired) electrons. The minimum absolute atomic E-state index is 2.10. The molecule has 0 aliphatic rings. The van der Waals surface area contributed by atoms with Crippen LogP contribution in [0.1, 0.15) is 0 Å². The summed E-state index contributed by atoms with van der Waals surface area (Å²) in [6.45, 7) is 0. The highest BCUT2D eigenvalue weighted by Crippen LogP contribution is 2.24. The number of halogens is 6. The molecule has 0 spiro atoms. The first-order valence-electron chi connectivity index (χ1n) is 2.88. The predicted molar refractivity (Wildman–Crippen MR) is 33.2 cm³/mol. The molecule has 17 heavy (non-hydrogen) atoms. The average Bonchev–Trinajstić information content (AvgIpc) is 1.65. The monoisotopic (exact) mass is 314 g/mol. The Bertz CT molecular complexity index is 410. The average molecular weight is 314 g/mol. The van der Waals surface area contributed by atoms with Gasteiger partial charge in [-0.15, -0.1) is 38.3 Å². The molecule has 0 atom stereocenters. The molecular formula is C2F6O7S2. The largest absolute Gasteiger partial charge is 0.538 e. The van der Waals surface area contributed by atoms with Gasteiger partial charge in [-0.25, -0.2) is 0 Å². The van der Waals surface area contributed by atoms with Gasteiger partial charge < -0.3 is 0 Å². The molecule has 0 aliphatic carbocycles. The third-order valence-corrected chi connectivity index (χ3v) is 2.68. The summed E-state index contributed by atoms with van der Waals surface area (Å²) in [6, 6.07) is 0. The van der Waals surface area contributed by atoms with Crippen molar-refractivity contribution >= 4 is 20.8 Å². The standard InChI is InChI=1S/C2F6O7S2/c3-1(4,5)13-16(9,10)15-17(11,12)14-2(6,7)8. The van der Waals surface area contributed by atoms with Crippen molar-refractivity contribution in [3.63, 3.8) is 0 Å². The van der Waals surface area contributed by atoms with Crippen molar-refractivity contribution in [2.75, 3.05) is 0 Å². The second-order valence-electron chi connectivity index (χ2n) is 1.94. The molecule has 0 fully saturated rings. The Labute approximate surface area is 89.5 Å². The van der Waals surface area contributed by atoms with Gasteiger partial charge in [-0.2, -0.15) is 16.8 Å². The molecule has 104 valence electrons. The van der Waals surface area contributed by atoms with E-state index in [0.29, 0.717) is 0 Å². The minimum Gasteiger partial charge on any atom is -0.168 e. The zero-order valence-corrected chi connectivity index (χ0v) is 8.58. The van der Waals surface area contributed by atoms with E-state index >= 15 is 0 Å². The Morgan fingerprint density at radius 1 is 0.647 bits per heavy atom. The number of alkyl halides is 6. The van der Waals surface area contributed by atoms with Crippen LogP contribution in [0.2, 0.25) is 0 Å². The zero-order chi connectivity index (χ0) is 14.1. The first kappa shape index (κ1) is 16.4. The second-order valence-corrected chi connectivity index (χ2v) is 4.45. The highest BCUT2D eigenvalue weighted by molar-refractivity contribution is 7.95. The number of rotatable bonds is 4. The molecule has 0 unspecified atom stereocenters. The van der Waals surface area contributed by atoms with Crippen LogP contribution < -0.4 is 0 Å². The van der Waals surface area contributed by atoms with Crippen LogP contribution >= 0.6 is 0 Å². The van der Waals surface area contributed by atoms with E-state index in [1.165, 1.54) is 0 Å². The summed E-state index contributed by atoms with van der Waals surface area (Å²) in [6.07, 6.45) is -11.8. The van der Waals surface area contributed by atoms with E-state index in [1.54, 1.807) is 0 Å². The van der Waals surface area contributed by atoms with Crippen molar-refractivity contribution in [3.8, 4) is 0 Å². The van der Waals surface area contributed by atoms with Crippen LogP contribution in [0.5, 0.6) is 0 Å². The molecule has 7 nitrogen and oxygen atoms in total. The van der Waals surface area contributed by atoms with Crippen LogP contribution in [-0.2, 0) is 32.8 Å². The van der Waals surface area contributed by atoms with Gasteiger partial charge in [-0.1, -0.05) is 0 Å². The van der Waals surface area contributed by atoms with Crippen LogP contribution in [-0.4, -0.2) is 29.6 Å². The Morgan fingerprint density at radius 3 is 1.06 bits per heavy atom.